The largest absolute Gasteiger partial charge is 0.379 e. The molecule has 0 radical (unpaired) electrons. The Balaban J connectivity index is 2.47. The molecule has 0 aliphatic heterocycles. The van der Waals surface area contributed by atoms with Crippen LogP contribution in [0.4, 0.5) is 0 Å². The monoisotopic (exact) mass is 320 g/mol. The average molecular weight is 320 g/mol. The second-order valence-electron chi connectivity index (χ2n) is 5.61. The first-order valence-corrected chi connectivity index (χ1v) is 9.02. The molecule has 0 heterocycles. The molecule has 2 rings (SSSR count). The maximum absolute atomic E-state index is 11.0. The number of unbranched alkanes of at least 4 members (excludes halogenated alkanes) is 2. The van der Waals surface area contributed by atoms with Gasteiger partial charge in [-0.3, -0.25) is 4.55 Å². The molecule has 0 spiro atoms. The minimum atomic E-state index is -2.29. The first-order valence-electron chi connectivity index (χ1n) is 7.99. The van der Waals surface area contributed by atoms with Gasteiger partial charge in [0.2, 0.25) is 0 Å². The van der Waals surface area contributed by atoms with Gasteiger partial charge in [0.05, 0.1) is 0 Å². The Kier molecular flexibility index (Phi) is 6.40. The van der Waals surface area contributed by atoms with Crippen molar-refractivity contribution < 1.29 is 12.9 Å². The Morgan fingerprint density at radius 3 is 2.27 bits per heavy atom. The smallest absolute Gasteiger partial charge is 0.357 e. The van der Waals surface area contributed by atoms with Crippen LogP contribution in [0.25, 0.3) is 10.8 Å². The molecule has 2 aromatic rings. The van der Waals surface area contributed by atoms with E-state index in [1.807, 2.05) is 12.1 Å². The number of fused-ring (bicyclic) bond motifs is 1. The van der Waals surface area contributed by atoms with E-state index >= 15 is 0 Å². The lowest BCUT2D eigenvalue weighted by atomic mass is 9.94. The number of hydrogen-bond acceptors (Lipinski definition) is 2. The summed E-state index contributed by atoms with van der Waals surface area (Å²) >= 11 is -2.29. The molecule has 3 nitrogen and oxygen atoms in total. The molecule has 1 N–H and O–H groups in total. The van der Waals surface area contributed by atoms with Crippen LogP contribution in [0.3, 0.4) is 0 Å². The van der Waals surface area contributed by atoms with Gasteiger partial charge in [-0.25, -0.2) is 0 Å². The molecule has 0 bridgehead atoms. The van der Waals surface area contributed by atoms with Crippen LogP contribution in [0.2, 0.25) is 0 Å². The van der Waals surface area contributed by atoms with Crippen LogP contribution >= 0.6 is 0 Å². The summed E-state index contributed by atoms with van der Waals surface area (Å²) in [5.41, 5.74) is 2.73. The highest BCUT2D eigenvalue weighted by atomic mass is 32.2. The summed E-state index contributed by atoms with van der Waals surface area (Å²) in [7, 11) is 0. The Labute approximate surface area is 135 Å². The van der Waals surface area contributed by atoms with Gasteiger partial charge in [0.25, 0.3) is 0 Å². The zero-order valence-corrected chi connectivity index (χ0v) is 14.1. The molecule has 120 valence electrons. The third-order valence-corrected chi connectivity index (χ3v) is 4.24. The molecule has 0 amide bonds. The van der Waals surface area contributed by atoms with Crippen molar-refractivity contribution in [1.82, 2.24) is 0 Å². The first kappa shape index (κ1) is 17.0. The van der Waals surface area contributed by atoms with Gasteiger partial charge in [0, 0.05) is 5.39 Å². The van der Waals surface area contributed by atoms with Crippen molar-refractivity contribution in [2.24, 2.45) is 0 Å². The molecule has 0 aromatic heterocycles. The maximum atomic E-state index is 11.0. The van der Waals surface area contributed by atoms with Crippen molar-refractivity contribution in [3.05, 3.63) is 41.5 Å². The van der Waals surface area contributed by atoms with Crippen LogP contribution in [0.5, 0.6) is 5.75 Å². The van der Waals surface area contributed by atoms with E-state index in [1.165, 1.54) is 24.0 Å². The summed E-state index contributed by atoms with van der Waals surface area (Å²) in [5.74, 6) is 0.470. The molecule has 0 aliphatic carbocycles. The second-order valence-corrected chi connectivity index (χ2v) is 6.21. The van der Waals surface area contributed by atoms with Gasteiger partial charge >= 0.3 is 11.4 Å². The summed E-state index contributed by atoms with van der Waals surface area (Å²) in [6, 6.07) is 9.98. The first-order chi connectivity index (χ1) is 10.7. The van der Waals surface area contributed by atoms with E-state index in [-0.39, 0.29) is 0 Å². The lowest BCUT2D eigenvalue weighted by molar-refractivity contribution is 0.460. The zero-order chi connectivity index (χ0) is 15.9. The van der Waals surface area contributed by atoms with Crippen molar-refractivity contribution in [3.63, 3.8) is 0 Å². The van der Waals surface area contributed by atoms with Crippen LogP contribution in [0.15, 0.2) is 30.3 Å². The van der Waals surface area contributed by atoms with E-state index in [9.17, 15) is 4.21 Å². The molecule has 0 fully saturated rings. The Hall–Kier alpha value is -1.39. The number of benzene rings is 2. The van der Waals surface area contributed by atoms with E-state index in [2.05, 4.69) is 26.0 Å². The molecule has 0 saturated heterocycles. The van der Waals surface area contributed by atoms with Gasteiger partial charge in [-0.05, 0) is 54.3 Å². The van der Waals surface area contributed by atoms with Crippen LogP contribution in [0, 0.1) is 0 Å². The van der Waals surface area contributed by atoms with E-state index in [1.54, 1.807) is 6.07 Å². The molecule has 2 aromatic carbocycles. The highest BCUT2D eigenvalue weighted by molar-refractivity contribution is 7.74. The Morgan fingerprint density at radius 1 is 1.05 bits per heavy atom. The summed E-state index contributed by atoms with van der Waals surface area (Å²) in [6.45, 7) is 4.39. The standard InChI is InChI=1S/C18H24O3S/c1-3-5-8-14-12-16-10-7-11-18(21-22(19)20)17(16)13-15(14)9-6-4-2/h7,10-13H,3-6,8-9H2,1-2H3,(H,19,20). The summed E-state index contributed by atoms with van der Waals surface area (Å²) in [5, 5.41) is 1.98. The van der Waals surface area contributed by atoms with Gasteiger partial charge in [-0.15, -0.1) is 0 Å². The fourth-order valence-electron chi connectivity index (χ4n) is 2.74. The van der Waals surface area contributed by atoms with Gasteiger partial charge in [-0.2, -0.15) is 4.21 Å². The average Bonchev–Trinajstić information content (AvgIpc) is 2.50. The third-order valence-electron chi connectivity index (χ3n) is 3.92. The molecular formula is C18H24O3S. The lowest BCUT2D eigenvalue weighted by Gasteiger charge is -2.13. The van der Waals surface area contributed by atoms with Crippen LogP contribution in [-0.4, -0.2) is 8.76 Å². The molecule has 1 unspecified atom stereocenters. The van der Waals surface area contributed by atoms with Crippen molar-refractivity contribution in [3.8, 4) is 5.75 Å². The fourth-order valence-corrected chi connectivity index (χ4v) is 3.04. The number of aryl methyl sites for hydroxylation is 2. The van der Waals surface area contributed by atoms with E-state index in [0.717, 1.165) is 36.5 Å². The number of hydrogen-bond donors (Lipinski definition) is 1. The minimum absolute atomic E-state index is 0.470. The minimum Gasteiger partial charge on any atom is -0.379 e. The molecule has 1 atom stereocenters. The molecule has 0 saturated carbocycles. The molecule has 22 heavy (non-hydrogen) atoms. The highest BCUT2D eigenvalue weighted by Crippen LogP contribution is 2.30. The van der Waals surface area contributed by atoms with Crippen LogP contribution in [-0.2, 0) is 24.2 Å². The Morgan fingerprint density at radius 2 is 1.68 bits per heavy atom. The summed E-state index contributed by atoms with van der Waals surface area (Å²) < 4.78 is 25.0. The van der Waals surface area contributed by atoms with Crippen molar-refractivity contribution in [2.75, 3.05) is 0 Å². The van der Waals surface area contributed by atoms with E-state index < -0.39 is 11.4 Å². The van der Waals surface area contributed by atoms with Crippen LogP contribution < -0.4 is 4.18 Å². The maximum Gasteiger partial charge on any atom is 0.357 e. The molecule has 4 heteroatoms. The normalized spacial score (nSPS) is 12.5. The summed E-state index contributed by atoms with van der Waals surface area (Å²) in [4.78, 5) is 0. The molecular weight excluding hydrogens is 296 g/mol. The van der Waals surface area contributed by atoms with Gasteiger partial charge < -0.3 is 4.18 Å². The molecule has 0 aliphatic rings. The predicted molar refractivity (Wildman–Crippen MR) is 92.6 cm³/mol. The predicted octanol–water partition coefficient (Wildman–Crippen LogP) is 5.04. The topological polar surface area (TPSA) is 46.5 Å². The van der Waals surface area contributed by atoms with Crippen molar-refractivity contribution >= 4 is 22.1 Å². The van der Waals surface area contributed by atoms with Gasteiger partial charge in [-0.1, -0.05) is 44.9 Å². The van der Waals surface area contributed by atoms with Gasteiger partial charge in [0.15, 0.2) is 0 Å². The van der Waals surface area contributed by atoms with Gasteiger partial charge in [0.1, 0.15) is 5.75 Å². The van der Waals surface area contributed by atoms with Crippen molar-refractivity contribution in [2.45, 2.75) is 52.4 Å². The SMILES string of the molecule is CCCCc1cc2cccc(OS(=O)O)c2cc1CCCC. The lowest BCUT2D eigenvalue weighted by Crippen LogP contribution is -2.00. The highest BCUT2D eigenvalue weighted by Gasteiger charge is 2.10. The van der Waals surface area contributed by atoms with E-state index in [0.29, 0.717) is 5.75 Å². The summed E-state index contributed by atoms with van der Waals surface area (Å²) in [6.07, 6.45) is 6.80. The fraction of sp³-hybridized carbons (Fsp3) is 0.444. The third kappa shape index (κ3) is 4.31. The van der Waals surface area contributed by atoms with E-state index in [4.69, 9.17) is 8.74 Å². The second kappa shape index (κ2) is 8.30. The zero-order valence-electron chi connectivity index (χ0n) is 13.3. The quantitative estimate of drug-likeness (QED) is 0.693. The number of rotatable bonds is 8. The van der Waals surface area contributed by atoms with Crippen LogP contribution in [0.1, 0.15) is 50.7 Å². The Bertz CT molecular complexity index is 652. The van der Waals surface area contributed by atoms with Crippen molar-refractivity contribution in [1.29, 1.82) is 0 Å².